The van der Waals surface area contributed by atoms with Crippen molar-refractivity contribution in [3.8, 4) is 5.75 Å². The topological polar surface area (TPSA) is 143 Å². The first-order chi connectivity index (χ1) is 17.8. The number of rotatable bonds is 9. The van der Waals surface area contributed by atoms with Crippen molar-refractivity contribution in [2.75, 3.05) is 19.8 Å². The smallest absolute Gasteiger partial charge is 0.143 e. The number of benzene rings is 3. The molecule has 9 heteroatoms. The number of hydrogen-bond acceptors (Lipinski definition) is 8. The maximum absolute atomic E-state index is 10.6. The van der Waals surface area contributed by atoms with Gasteiger partial charge in [0.2, 0.25) is 0 Å². The Morgan fingerprint density at radius 2 is 1.59 bits per heavy atom. The summed E-state index contributed by atoms with van der Waals surface area (Å²) in [6.45, 7) is -1.35. The van der Waals surface area contributed by atoms with Gasteiger partial charge in [0.15, 0.2) is 0 Å². The molecule has 0 aliphatic carbocycles. The molecule has 6 N–H and O–H groups in total. The molecule has 8 nitrogen and oxygen atoms in total. The molecule has 0 amide bonds. The van der Waals surface area contributed by atoms with Gasteiger partial charge in [-0.25, -0.2) is 0 Å². The average molecular weight is 528 g/mol. The third kappa shape index (κ3) is 5.86. The zero-order valence-electron chi connectivity index (χ0n) is 20.0. The molecule has 0 radical (unpaired) electrons. The van der Waals surface area contributed by atoms with Crippen LogP contribution in [0.1, 0.15) is 28.4 Å². The van der Waals surface area contributed by atoms with Gasteiger partial charge in [0.05, 0.1) is 18.9 Å². The highest BCUT2D eigenvalue weighted by Crippen LogP contribution is 2.39. The molecule has 0 unspecified atom stereocenters. The Morgan fingerprint density at radius 1 is 0.919 bits per heavy atom. The highest BCUT2D eigenvalue weighted by molar-refractivity contribution is 6.31. The van der Waals surface area contributed by atoms with Gasteiger partial charge in [-0.2, -0.15) is 0 Å². The van der Waals surface area contributed by atoms with Crippen molar-refractivity contribution in [1.29, 1.82) is 5.41 Å². The van der Waals surface area contributed by atoms with E-state index in [1.165, 1.54) is 0 Å². The molecule has 4 atom stereocenters. The van der Waals surface area contributed by atoms with Crippen LogP contribution < -0.4 is 4.74 Å². The molecule has 1 aliphatic heterocycles. The summed E-state index contributed by atoms with van der Waals surface area (Å²) in [5.41, 5.74) is 1.50. The molecule has 1 heterocycles. The lowest BCUT2D eigenvalue weighted by atomic mass is 9.83. The Hall–Kier alpha value is -2.82. The Kier molecular flexibility index (Phi) is 8.61. The maximum Gasteiger partial charge on any atom is 0.143 e. The third-order valence-electron chi connectivity index (χ3n) is 6.64. The van der Waals surface area contributed by atoms with Crippen LogP contribution in [0.3, 0.4) is 0 Å². The summed E-state index contributed by atoms with van der Waals surface area (Å²) in [6, 6.07) is 21.8. The monoisotopic (exact) mass is 527 g/mol. The van der Waals surface area contributed by atoms with Crippen LogP contribution in [-0.2, 0) is 11.2 Å². The summed E-state index contributed by atoms with van der Waals surface area (Å²) in [6.07, 6.45) is -5.44. The quantitative estimate of drug-likeness (QED) is 0.234. The van der Waals surface area contributed by atoms with Crippen LogP contribution in [-0.4, -0.2) is 75.0 Å². The largest absolute Gasteiger partial charge is 0.487 e. The van der Waals surface area contributed by atoms with E-state index >= 15 is 0 Å². The van der Waals surface area contributed by atoms with Crippen molar-refractivity contribution in [3.05, 3.63) is 100 Å². The first kappa shape index (κ1) is 27.2. The lowest BCUT2D eigenvalue weighted by Crippen LogP contribution is -2.65. The second-order valence-electron chi connectivity index (χ2n) is 9.15. The number of ether oxygens (including phenoxy) is 2. The molecular formula is C28H30ClNO7. The van der Waals surface area contributed by atoms with E-state index < -0.39 is 43.2 Å². The van der Waals surface area contributed by atoms with Gasteiger partial charge in [-0.3, -0.25) is 0 Å². The van der Waals surface area contributed by atoms with Crippen molar-refractivity contribution in [3.63, 3.8) is 0 Å². The van der Waals surface area contributed by atoms with E-state index in [4.69, 9.17) is 26.5 Å². The highest BCUT2D eigenvalue weighted by atomic mass is 35.5. The molecule has 0 saturated carbocycles. The Morgan fingerprint density at radius 3 is 2.24 bits per heavy atom. The van der Waals surface area contributed by atoms with E-state index in [0.29, 0.717) is 28.5 Å². The fraction of sp³-hybridized carbons (Fsp3) is 0.321. The molecule has 1 aliphatic rings. The Labute approximate surface area is 219 Å². The van der Waals surface area contributed by atoms with E-state index in [0.717, 1.165) is 16.7 Å². The van der Waals surface area contributed by atoms with Crippen molar-refractivity contribution in [2.45, 2.75) is 36.4 Å². The highest BCUT2D eigenvalue weighted by Gasteiger charge is 2.53. The molecule has 4 rings (SSSR count). The summed E-state index contributed by atoms with van der Waals surface area (Å²) in [5, 5.41) is 59.3. The Bertz CT molecular complexity index is 1200. The molecule has 3 aromatic rings. The number of hydrogen-bond donors (Lipinski definition) is 6. The average Bonchev–Trinajstić information content (AvgIpc) is 2.93. The first-order valence-corrected chi connectivity index (χ1v) is 12.2. The minimum absolute atomic E-state index is 0.144. The second kappa shape index (κ2) is 11.7. The van der Waals surface area contributed by atoms with Gasteiger partial charge >= 0.3 is 0 Å². The minimum atomic E-state index is -1.82. The lowest BCUT2D eigenvalue weighted by molar-refractivity contribution is -0.289. The van der Waals surface area contributed by atoms with Gasteiger partial charge in [-0.1, -0.05) is 66.2 Å². The number of aliphatic hydroxyl groups is 5. The summed E-state index contributed by atoms with van der Waals surface area (Å²) in [5.74, 6) is 0.625. The molecule has 196 valence electrons. The maximum atomic E-state index is 10.6. The fourth-order valence-electron chi connectivity index (χ4n) is 4.35. The minimum Gasteiger partial charge on any atom is -0.487 e. The number of aliphatic hydroxyl groups excluding tert-OH is 5. The molecule has 1 saturated heterocycles. The van der Waals surface area contributed by atoms with E-state index in [-0.39, 0.29) is 6.61 Å². The van der Waals surface area contributed by atoms with Crippen LogP contribution in [0, 0.1) is 5.41 Å². The molecular weight excluding hydrogens is 498 g/mol. The van der Waals surface area contributed by atoms with Crippen molar-refractivity contribution in [1.82, 2.24) is 0 Å². The van der Waals surface area contributed by atoms with Gasteiger partial charge in [0.1, 0.15) is 42.4 Å². The molecule has 0 aromatic heterocycles. The predicted molar refractivity (Wildman–Crippen MR) is 138 cm³/mol. The zero-order valence-corrected chi connectivity index (χ0v) is 20.8. The van der Waals surface area contributed by atoms with Crippen LogP contribution in [0.25, 0.3) is 0 Å². The molecule has 0 bridgehead atoms. The Balaban J connectivity index is 1.46. The lowest BCUT2D eigenvalue weighted by Gasteiger charge is -2.47. The molecule has 0 spiro atoms. The second-order valence-corrected chi connectivity index (χ2v) is 9.56. The molecule has 1 fully saturated rings. The fourth-order valence-corrected chi connectivity index (χ4v) is 4.54. The van der Waals surface area contributed by atoms with Crippen LogP contribution in [0.2, 0.25) is 5.02 Å². The molecule has 3 aromatic carbocycles. The van der Waals surface area contributed by atoms with Gasteiger partial charge in [-0.15, -0.1) is 0 Å². The van der Waals surface area contributed by atoms with Crippen LogP contribution in [0.4, 0.5) is 0 Å². The zero-order chi connectivity index (χ0) is 26.6. The van der Waals surface area contributed by atoms with Crippen LogP contribution >= 0.6 is 11.6 Å². The van der Waals surface area contributed by atoms with Gasteiger partial charge in [0, 0.05) is 5.02 Å². The summed E-state index contributed by atoms with van der Waals surface area (Å²) in [7, 11) is 0. The normalized spacial score (nSPS) is 23.0. The van der Waals surface area contributed by atoms with E-state index in [1.807, 2.05) is 54.6 Å². The van der Waals surface area contributed by atoms with Crippen molar-refractivity contribution >= 4 is 17.3 Å². The van der Waals surface area contributed by atoms with E-state index in [2.05, 4.69) is 0 Å². The predicted octanol–water partition coefficient (Wildman–Crippen LogP) is 2.26. The van der Waals surface area contributed by atoms with Crippen molar-refractivity contribution < 1.29 is 35.0 Å². The van der Waals surface area contributed by atoms with Crippen molar-refractivity contribution in [2.24, 2.45) is 0 Å². The van der Waals surface area contributed by atoms with E-state index in [9.17, 15) is 25.5 Å². The number of nitrogens with one attached hydrogen (secondary N) is 1. The molecule has 37 heavy (non-hydrogen) atoms. The van der Waals surface area contributed by atoms with Gasteiger partial charge in [0.25, 0.3) is 0 Å². The SMILES string of the molecule is N=C(COc1ccc(Cc2cc([C@@H]3OC(CO)(CO)[C@@H](O)[C@H](O)[C@H]3O)ccc2Cl)cc1)c1ccccc1. The van der Waals surface area contributed by atoms with Gasteiger partial charge in [-0.05, 0) is 46.9 Å². The summed E-state index contributed by atoms with van der Waals surface area (Å²) < 4.78 is 11.5. The van der Waals surface area contributed by atoms with E-state index in [1.54, 1.807) is 18.2 Å². The van der Waals surface area contributed by atoms with Crippen LogP contribution in [0.15, 0.2) is 72.8 Å². The summed E-state index contributed by atoms with van der Waals surface area (Å²) in [4.78, 5) is 0. The van der Waals surface area contributed by atoms with Gasteiger partial charge < -0.3 is 40.4 Å². The standard InChI is InChI=1S/C28H30ClNO7/c29-22-11-8-19(26-24(33)25(34)27(35)28(15-31,16-32)37-26)13-20(22)12-17-6-9-21(10-7-17)36-14-23(30)18-4-2-1-3-5-18/h1-11,13,24-27,30-35H,12,14-16H2/t24-,25-,26+,27+/m1/s1. The first-order valence-electron chi connectivity index (χ1n) is 11.8. The third-order valence-corrected chi connectivity index (χ3v) is 7.01. The summed E-state index contributed by atoms with van der Waals surface area (Å²) >= 11 is 6.44. The van der Waals surface area contributed by atoms with Crippen LogP contribution in [0.5, 0.6) is 5.75 Å². The number of halogens is 1.